The lowest BCUT2D eigenvalue weighted by atomic mass is 9.91. The first-order valence-electron chi connectivity index (χ1n) is 7.86. The number of halogens is 1. The first kappa shape index (κ1) is 16.3. The van der Waals surface area contributed by atoms with Gasteiger partial charge in [0.25, 0.3) is 5.91 Å². The first-order valence-corrected chi connectivity index (χ1v) is 8.98. The average molecular weight is 354 g/mol. The number of unbranched alkanes of at least 4 members (excludes halogenated alkanes) is 1. The van der Waals surface area contributed by atoms with E-state index in [1.807, 2.05) is 29.2 Å². The van der Waals surface area contributed by atoms with Crippen molar-refractivity contribution >= 4 is 21.8 Å². The van der Waals surface area contributed by atoms with Gasteiger partial charge in [0.15, 0.2) is 0 Å². The Hall–Kier alpha value is -1.03. The lowest BCUT2D eigenvalue weighted by Gasteiger charge is -2.37. The molecule has 0 unspecified atom stereocenters. The van der Waals surface area contributed by atoms with Crippen molar-refractivity contribution in [3.63, 3.8) is 0 Å². The summed E-state index contributed by atoms with van der Waals surface area (Å²) in [5, 5.41) is 0.827. The predicted octanol–water partition coefficient (Wildman–Crippen LogP) is 4.26. The van der Waals surface area contributed by atoms with E-state index < -0.39 is 0 Å². The summed E-state index contributed by atoms with van der Waals surface area (Å²) in [4.78, 5) is 14.6. The number of nitrogens with zero attached hydrogens (tertiary/aromatic N) is 1. The van der Waals surface area contributed by atoms with Crippen molar-refractivity contribution in [3.8, 4) is 5.75 Å². The maximum atomic E-state index is 12.6. The lowest BCUT2D eigenvalue weighted by Crippen LogP contribution is -2.45. The van der Waals surface area contributed by atoms with E-state index in [4.69, 9.17) is 4.74 Å². The molecule has 0 N–H and O–H groups in total. The number of hydrogen-bond donors (Lipinski definition) is 0. The summed E-state index contributed by atoms with van der Waals surface area (Å²) in [6, 6.07) is 7.98. The van der Waals surface area contributed by atoms with E-state index in [1.165, 1.54) is 6.42 Å². The maximum Gasteiger partial charge on any atom is 0.254 e. The van der Waals surface area contributed by atoms with Crippen LogP contribution in [-0.2, 0) is 0 Å². The summed E-state index contributed by atoms with van der Waals surface area (Å²) in [5.74, 6) is 0.981. The third kappa shape index (κ3) is 4.47. The fourth-order valence-corrected chi connectivity index (χ4v) is 2.82. The van der Waals surface area contributed by atoms with Gasteiger partial charge in [0, 0.05) is 23.5 Å². The van der Waals surface area contributed by atoms with Gasteiger partial charge in [-0.25, -0.2) is 0 Å². The minimum atomic E-state index is 0.138. The average Bonchev–Trinajstić information content (AvgIpc) is 2.45. The summed E-state index contributed by atoms with van der Waals surface area (Å²) in [6.07, 6.45) is 5.69. The Morgan fingerprint density at radius 2 is 2.05 bits per heavy atom. The zero-order valence-corrected chi connectivity index (χ0v) is 14.3. The monoisotopic (exact) mass is 353 g/mol. The van der Waals surface area contributed by atoms with Crippen molar-refractivity contribution in [1.29, 1.82) is 0 Å². The van der Waals surface area contributed by atoms with Gasteiger partial charge in [-0.3, -0.25) is 4.79 Å². The van der Waals surface area contributed by atoms with Crippen LogP contribution in [0.2, 0.25) is 0 Å². The lowest BCUT2D eigenvalue weighted by molar-refractivity contribution is 0.0599. The van der Waals surface area contributed by atoms with Crippen molar-refractivity contribution < 1.29 is 9.53 Å². The Morgan fingerprint density at radius 3 is 2.57 bits per heavy atom. The smallest absolute Gasteiger partial charge is 0.254 e. The van der Waals surface area contributed by atoms with E-state index in [0.717, 1.165) is 55.5 Å². The topological polar surface area (TPSA) is 29.5 Å². The number of alkyl halides is 1. The molecule has 0 aromatic heterocycles. The van der Waals surface area contributed by atoms with E-state index in [-0.39, 0.29) is 5.91 Å². The molecule has 21 heavy (non-hydrogen) atoms. The highest BCUT2D eigenvalue weighted by molar-refractivity contribution is 9.09. The van der Waals surface area contributed by atoms with Crippen LogP contribution in [0, 0.1) is 0 Å². The quantitative estimate of drug-likeness (QED) is 0.516. The fraction of sp³-hybridized carbons (Fsp3) is 0.588. The molecule has 0 saturated heterocycles. The molecule has 0 bridgehead atoms. The SMILES string of the molecule is CCCCOc1ccc(C(=O)N(CCBr)C2CCC2)cc1. The number of rotatable bonds is 8. The number of carbonyl (C=O) groups excluding carboxylic acids is 1. The second-order valence-corrected chi connectivity index (χ2v) is 6.29. The van der Waals surface area contributed by atoms with Crippen LogP contribution in [0.4, 0.5) is 0 Å². The molecule has 3 nitrogen and oxygen atoms in total. The van der Waals surface area contributed by atoms with Gasteiger partial charge in [0.05, 0.1) is 6.61 Å². The molecule has 2 rings (SSSR count). The van der Waals surface area contributed by atoms with Gasteiger partial charge in [-0.15, -0.1) is 0 Å². The summed E-state index contributed by atoms with van der Waals surface area (Å²) >= 11 is 3.45. The van der Waals surface area contributed by atoms with Gasteiger partial charge in [0.1, 0.15) is 5.75 Å². The van der Waals surface area contributed by atoms with Crippen molar-refractivity contribution in [2.75, 3.05) is 18.5 Å². The van der Waals surface area contributed by atoms with Crippen LogP contribution in [0.1, 0.15) is 49.4 Å². The molecule has 116 valence electrons. The number of hydrogen-bond acceptors (Lipinski definition) is 2. The van der Waals surface area contributed by atoms with Crippen LogP contribution in [0.25, 0.3) is 0 Å². The number of amides is 1. The first-order chi connectivity index (χ1) is 10.3. The molecule has 1 fully saturated rings. The third-order valence-corrected chi connectivity index (χ3v) is 4.32. The van der Waals surface area contributed by atoms with Crippen molar-refractivity contribution in [2.24, 2.45) is 0 Å². The van der Waals surface area contributed by atoms with Crippen LogP contribution in [-0.4, -0.2) is 35.3 Å². The molecular formula is C17H24BrNO2. The van der Waals surface area contributed by atoms with Gasteiger partial charge in [-0.2, -0.15) is 0 Å². The zero-order valence-electron chi connectivity index (χ0n) is 12.7. The van der Waals surface area contributed by atoms with Crippen LogP contribution < -0.4 is 4.74 Å². The van der Waals surface area contributed by atoms with E-state index >= 15 is 0 Å². The highest BCUT2D eigenvalue weighted by atomic mass is 79.9. The summed E-state index contributed by atoms with van der Waals surface area (Å²) in [7, 11) is 0. The molecule has 0 radical (unpaired) electrons. The summed E-state index contributed by atoms with van der Waals surface area (Å²) < 4.78 is 5.64. The molecule has 1 saturated carbocycles. The molecule has 1 amide bonds. The molecule has 0 aliphatic heterocycles. The Bertz CT molecular complexity index is 443. The van der Waals surface area contributed by atoms with Crippen LogP contribution in [0.15, 0.2) is 24.3 Å². The Balaban J connectivity index is 1.97. The van der Waals surface area contributed by atoms with Crippen LogP contribution >= 0.6 is 15.9 Å². The molecule has 1 aromatic rings. The van der Waals surface area contributed by atoms with Crippen molar-refractivity contribution in [2.45, 2.75) is 45.1 Å². The minimum Gasteiger partial charge on any atom is -0.494 e. The Labute approximate surface area is 135 Å². The zero-order chi connectivity index (χ0) is 15.1. The summed E-state index contributed by atoms with van der Waals surface area (Å²) in [6.45, 7) is 3.66. The molecular weight excluding hydrogens is 330 g/mol. The number of benzene rings is 1. The van der Waals surface area contributed by atoms with Crippen molar-refractivity contribution in [3.05, 3.63) is 29.8 Å². The molecule has 0 spiro atoms. The second-order valence-electron chi connectivity index (χ2n) is 5.50. The minimum absolute atomic E-state index is 0.138. The standard InChI is InChI=1S/C17H24BrNO2/c1-2-3-13-21-16-9-7-14(8-10-16)17(20)19(12-11-18)15-5-4-6-15/h7-10,15H,2-6,11-13H2,1H3. The molecule has 1 aliphatic rings. The second kappa shape index (κ2) is 8.42. The largest absolute Gasteiger partial charge is 0.494 e. The molecule has 0 atom stereocenters. The fourth-order valence-electron chi connectivity index (χ4n) is 2.43. The van der Waals surface area contributed by atoms with Gasteiger partial charge in [-0.1, -0.05) is 29.3 Å². The van der Waals surface area contributed by atoms with Crippen molar-refractivity contribution in [1.82, 2.24) is 4.90 Å². The molecule has 4 heteroatoms. The van der Waals surface area contributed by atoms with E-state index in [0.29, 0.717) is 6.04 Å². The van der Waals surface area contributed by atoms with Gasteiger partial charge in [0.2, 0.25) is 0 Å². The van der Waals surface area contributed by atoms with Gasteiger partial charge in [-0.05, 0) is 49.9 Å². The Kier molecular flexibility index (Phi) is 6.55. The molecule has 1 aliphatic carbocycles. The normalized spacial score (nSPS) is 14.6. The van der Waals surface area contributed by atoms with Crippen LogP contribution in [0.5, 0.6) is 5.75 Å². The number of ether oxygens (including phenoxy) is 1. The third-order valence-electron chi connectivity index (χ3n) is 3.97. The van der Waals surface area contributed by atoms with Gasteiger partial charge >= 0.3 is 0 Å². The number of carbonyl (C=O) groups is 1. The predicted molar refractivity (Wildman–Crippen MR) is 89.3 cm³/mol. The highest BCUT2D eigenvalue weighted by Crippen LogP contribution is 2.26. The Morgan fingerprint density at radius 1 is 1.33 bits per heavy atom. The van der Waals surface area contributed by atoms with E-state index in [1.54, 1.807) is 0 Å². The summed E-state index contributed by atoms with van der Waals surface area (Å²) in [5.41, 5.74) is 0.755. The van der Waals surface area contributed by atoms with E-state index in [2.05, 4.69) is 22.9 Å². The maximum absolute atomic E-state index is 12.6. The molecule has 1 aromatic carbocycles. The van der Waals surface area contributed by atoms with Gasteiger partial charge < -0.3 is 9.64 Å². The molecule has 0 heterocycles. The highest BCUT2D eigenvalue weighted by Gasteiger charge is 2.28. The van der Waals surface area contributed by atoms with E-state index in [9.17, 15) is 4.79 Å². The van der Waals surface area contributed by atoms with Crippen LogP contribution in [0.3, 0.4) is 0 Å².